The maximum absolute atomic E-state index is 12.6. The number of carbonyl (C=O) groups is 1. The third-order valence-electron chi connectivity index (χ3n) is 3.07. The molecule has 118 valence electrons. The maximum atomic E-state index is 12.6. The van der Waals surface area contributed by atoms with Crippen molar-refractivity contribution in [3.8, 4) is 0 Å². The number of aromatic nitrogens is 1. The Morgan fingerprint density at radius 3 is 2.90 bits per heavy atom. The lowest BCUT2D eigenvalue weighted by Gasteiger charge is -2.21. The lowest BCUT2D eigenvalue weighted by Crippen LogP contribution is -2.35. The quantitative estimate of drug-likeness (QED) is 0.875. The number of hydrogen-bond donors (Lipinski definition) is 2. The molecule has 1 amide bonds. The van der Waals surface area contributed by atoms with E-state index in [1.54, 1.807) is 0 Å². The third-order valence-corrected chi connectivity index (χ3v) is 4.04. The average Bonchev–Trinajstić information content (AvgIpc) is 2.57. The first-order valence-corrected chi connectivity index (χ1v) is 8.03. The summed E-state index contributed by atoms with van der Waals surface area (Å²) in [5.74, 6) is 0.249. The first-order valence-electron chi connectivity index (χ1n) is 7.21. The Balaban J connectivity index is 2.15. The van der Waals surface area contributed by atoms with Crippen LogP contribution in [0.5, 0.6) is 0 Å². The second-order valence-electron chi connectivity index (χ2n) is 6.39. The Morgan fingerprint density at radius 2 is 2.24 bits per heavy atom. The molecule has 1 aromatic heterocycles. The number of nitrogens with two attached hydrogens (primary N) is 1. The minimum absolute atomic E-state index is 0.0516. The van der Waals surface area contributed by atoms with E-state index in [-0.39, 0.29) is 17.6 Å². The van der Waals surface area contributed by atoms with E-state index in [4.69, 9.17) is 10.5 Å². The summed E-state index contributed by atoms with van der Waals surface area (Å²) in [5.41, 5.74) is 5.81. The van der Waals surface area contributed by atoms with Gasteiger partial charge in [0, 0.05) is 25.2 Å². The van der Waals surface area contributed by atoms with E-state index in [0.29, 0.717) is 35.5 Å². The molecule has 0 aromatic carbocycles. The molecule has 0 spiro atoms. The van der Waals surface area contributed by atoms with Gasteiger partial charge < -0.3 is 20.7 Å². The molecule has 0 saturated carbocycles. The zero-order chi connectivity index (χ0) is 15.6. The molecule has 3 N–H and O–H groups in total. The SMILES string of the molecule is CC1CN(C(=O)c2sc(NC(C)(C)C)nc2N)CCCO1. The smallest absolute Gasteiger partial charge is 0.267 e. The van der Waals surface area contributed by atoms with Crippen LogP contribution in [0.4, 0.5) is 10.9 Å². The number of ether oxygens (including phenoxy) is 1. The predicted octanol–water partition coefficient (Wildman–Crippen LogP) is 2.19. The van der Waals surface area contributed by atoms with Crippen molar-refractivity contribution >= 4 is 28.2 Å². The molecule has 1 atom stereocenters. The van der Waals surface area contributed by atoms with Crippen molar-refractivity contribution in [2.45, 2.75) is 45.8 Å². The molecule has 1 saturated heterocycles. The molecule has 1 aromatic rings. The van der Waals surface area contributed by atoms with Crippen LogP contribution in [0.3, 0.4) is 0 Å². The van der Waals surface area contributed by atoms with E-state index in [1.165, 1.54) is 11.3 Å². The van der Waals surface area contributed by atoms with Crippen LogP contribution in [0, 0.1) is 0 Å². The number of anilines is 2. The van der Waals surface area contributed by atoms with Gasteiger partial charge >= 0.3 is 0 Å². The molecule has 6 nitrogen and oxygen atoms in total. The van der Waals surface area contributed by atoms with Crippen LogP contribution in [0.25, 0.3) is 0 Å². The maximum Gasteiger partial charge on any atom is 0.267 e. The van der Waals surface area contributed by atoms with Gasteiger partial charge in [0.15, 0.2) is 5.13 Å². The third kappa shape index (κ3) is 4.31. The largest absolute Gasteiger partial charge is 0.382 e. The van der Waals surface area contributed by atoms with Crippen LogP contribution in [0.15, 0.2) is 0 Å². The van der Waals surface area contributed by atoms with Gasteiger partial charge in [0.25, 0.3) is 5.91 Å². The highest BCUT2D eigenvalue weighted by atomic mass is 32.1. The second-order valence-corrected chi connectivity index (χ2v) is 7.39. The number of carbonyl (C=O) groups excluding carboxylic acids is 1. The van der Waals surface area contributed by atoms with E-state index in [2.05, 4.69) is 10.3 Å². The molecule has 7 heteroatoms. The summed E-state index contributed by atoms with van der Waals surface area (Å²) in [6.07, 6.45) is 0.903. The van der Waals surface area contributed by atoms with Crippen LogP contribution in [-0.2, 0) is 4.74 Å². The van der Waals surface area contributed by atoms with Crippen molar-refractivity contribution in [3.63, 3.8) is 0 Å². The van der Waals surface area contributed by atoms with Crippen LogP contribution in [-0.4, -0.2) is 47.1 Å². The number of hydrogen-bond acceptors (Lipinski definition) is 6. The van der Waals surface area contributed by atoms with Gasteiger partial charge in [0.2, 0.25) is 0 Å². The van der Waals surface area contributed by atoms with Crippen LogP contribution < -0.4 is 11.1 Å². The minimum atomic E-state index is -0.116. The van der Waals surface area contributed by atoms with Gasteiger partial charge in [-0.2, -0.15) is 0 Å². The Labute approximate surface area is 129 Å². The molecule has 0 bridgehead atoms. The number of thiazole rings is 1. The fourth-order valence-corrected chi connectivity index (χ4v) is 3.24. The number of nitrogens with one attached hydrogen (secondary N) is 1. The monoisotopic (exact) mass is 312 g/mol. The highest BCUT2D eigenvalue weighted by molar-refractivity contribution is 7.18. The van der Waals surface area contributed by atoms with Crippen molar-refractivity contribution < 1.29 is 9.53 Å². The molecule has 1 unspecified atom stereocenters. The summed E-state index contributed by atoms with van der Waals surface area (Å²) in [6, 6.07) is 0. The molecule has 2 rings (SSSR count). The molecule has 21 heavy (non-hydrogen) atoms. The number of amides is 1. The molecule has 2 heterocycles. The molecular formula is C14H24N4O2S. The van der Waals surface area contributed by atoms with Gasteiger partial charge in [0.05, 0.1) is 6.10 Å². The summed E-state index contributed by atoms with van der Waals surface area (Å²) in [5, 5.41) is 3.94. The lowest BCUT2D eigenvalue weighted by molar-refractivity contribution is 0.0566. The van der Waals surface area contributed by atoms with E-state index < -0.39 is 0 Å². The zero-order valence-electron chi connectivity index (χ0n) is 13.1. The van der Waals surface area contributed by atoms with Crippen molar-refractivity contribution in [1.29, 1.82) is 0 Å². The van der Waals surface area contributed by atoms with Gasteiger partial charge in [0.1, 0.15) is 10.7 Å². The first kappa shape index (κ1) is 16.0. The highest BCUT2D eigenvalue weighted by Crippen LogP contribution is 2.28. The summed E-state index contributed by atoms with van der Waals surface area (Å²) in [7, 11) is 0. The van der Waals surface area contributed by atoms with Crippen molar-refractivity contribution in [2.75, 3.05) is 30.7 Å². The Kier molecular flexibility index (Phi) is 4.73. The van der Waals surface area contributed by atoms with Gasteiger partial charge in [-0.15, -0.1) is 0 Å². The number of nitrogen functional groups attached to an aromatic ring is 1. The molecular weight excluding hydrogens is 288 g/mol. The standard InChI is InChI=1S/C14H24N4O2S/c1-9-8-18(6-5-7-20-9)12(19)10-11(15)16-13(21-10)17-14(2,3)4/h9H,5-8,15H2,1-4H3,(H,16,17). The Bertz CT molecular complexity index is 510. The molecule has 1 aliphatic heterocycles. The van der Waals surface area contributed by atoms with E-state index in [0.717, 1.165) is 6.42 Å². The first-order chi connectivity index (χ1) is 9.76. The van der Waals surface area contributed by atoms with Crippen LogP contribution in [0.2, 0.25) is 0 Å². The van der Waals surface area contributed by atoms with Gasteiger partial charge in [-0.05, 0) is 34.1 Å². The van der Waals surface area contributed by atoms with E-state index >= 15 is 0 Å². The Hall–Kier alpha value is -1.34. The highest BCUT2D eigenvalue weighted by Gasteiger charge is 2.26. The van der Waals surface area contributed by atoms with E-state index in [9.17, 15) is 4.79 Å². The fraction of sp³-hybridized carbons (Fsp3) is 0.714. The normalized spacial score (nSPS) is 20.2. The topological polar surface area (TPSA) is 80.5 Å². The van der Waals surface area contributed by atoms with Gasteiger partial charge in [-0.25, -0.2) is 4.98 Å². The van der Waals surface area contributed by atoms with Crippen molar-refractivity contribution in [2.24, 2.45) is 0 Å². The van der Waals surface area contributed by atoms with E-state index in [1.807, 2.05) is 32.6 Å². The lowest BCUT2D eigenvalue weighted by atomic mass is 10.1. The van der Waals surface area contributed by atoms with Gasteiger partial charge in [-0.3, -0.25) is 4.79 Å². The summed E-state index contributed by atoms with van der Waals surface area (Å²) >= 11 is 1.32. The summed E-state index contributed by atoms with van der Waals surface area (Å²) in [4.78, 5) is 19.2. The minimum Gasteiger partial charge on any atom is -0.382 e. The van der Waals surface area contributed by atoms with Gasteiger partial charge in [-0.1, -0.05) is 11.3 Å². The predicted molar refractivity (Wildman–Crippen MR) is 85.8 cm³/mol. The average molecular weight is 312 g/mol. The zero-order valence-corrected chi connectivity index (χ0v) is 13.9. The van der Waals surface area contributed by atoms with Crippen LogP contribution >= 0.6 is 11.3 Å². The summed E-state index contributed by atoms with van der Waals surface area (Å²) in [6.45, 7) is 10.1. The molecule has 1 fully saturated rings. The molecule has 1 aliphatic rings. The molecule has 0 radical (unpaired) electrons. The number of rotatable bonds is 2. The Morgan fingerprint density at radius 1 is 1.52 bits per heavy atom. The molecule has 0 aliphatic carbocycles. The van der Waals surface area contributed by atoms with Crippen molar-refractivity contribution in [1.82, 2.24) is 9.88 Å². The van der Waals surface area contributed by atoms with Crippen LogP contribution in [0.1, 0.15) is 43.8 Å². The summed E-state index contributed by atoms with van der Waals surface area (Å²) < 4.78 is 5.57. The fourth-order valence-electron chi connectivity index (χ4n) is 2.18. The van der Waals surface area contributed by atoms with Crippen molar-refractivity contribution in [3.05, 3.63) is 4.88 Å². The number of nitrogens with zero attached hydrogens (tertiary/aromatic N) is 2. The second kappa shape index (κ2) is 6.19.